The van der Waals surface area contributed by atoms with Crippen LogP contribution in [0, 0.1) is 23.7 Å². The summed E-state index contributed by atoms with van der Waals surface area (Å²) >= 11 is 0. The fourth-order valence-corrected chi connectivity index (χ4v) is 5.20. The Kier molecular flexibility index (Phi) is 4.36. The van der Waals surface area contributed by atoms with Crippen molar-refractivity contribution >= 4 is 5.78 Å². The van der Waals surface area contributed by atoms with Crippen LogP contribution in [0.15, 0.2) is 54.6 Å². The van der Waals surface area contributed by atoms with Gasteiger partial charge < -0.3 is 10.2 Å². The van der Waals surface area contributed by atoms with Gasteiger partial charge in [0.15, 0.2) is 5.78 Å². The fourth-order valence-electron chi connectivity index (χ4n) is 5.20. The van der Waals surface area contributed by atoms with Crippen molar-refractivity contribution in [1.82, 2.24) is 0 Å². The van der Waals surface area contributed by atoms with E-state index in [1.807, 2.05) is 37.3 Å². The van der Waals surface area contributed by atoms with E-state index in [0.717, 1.165) is 31.2 Å². The first kappa shape index (κ1) is 17.3. The van der Waals surface area contributed by atoms with Crippen LogP contribution in [-0.2, 0) is 5.60 Å². The first-order valence-corrected chi connectivity index (χ1v) is 9.57. The average molecular weight is 350 g/mol. The SMILES string of the molecule is CC(C(=O)c1ccc(O)cc1)C1CC2CC(O)(c3ccccc3)CC2C1. The van der Waals surface area contributed by atoms with Gasteiger partial charge in [-0.25, -0.2) is 0 Å². The molecule has 2 aromatic carbocycles. The molecule has 26 heavy (non-hydrogen) atoms. The van der Waals surface area contributed by atoms with Crippen LogP contribution < -0.4 is 0 Å². The topological polar surface area (TPSA) is 57.5 Å². The van der Waals surface area contributed by atoms with Crippen LogP contribution in [0.4, 0.5) is 0 Å². The van der Waals surface area contributed by atoms with Gasteiger partial charge >= 0.3 is 0 Å². The molecule has 0 amide bonds. The van der Waals surface area contributed by atoms with Crippen LogP contribution in [0.5, 0.6) is 5.75 Å². The van der Waals surface area contributed by atoms with Gasteiger partial charge in [0.2, 0.25) is 0 Å². The molecule has 2 aliphatic rings. The van der Waals surface area contributed by atoms with Crippen LogP contribution >= 0.6 is 0 Å². The van der Waals surface area contributed by atoms with Gasteiger partial charge in [0.1, 0.15) is 5.75 Å². The van der Waals surface area contributed by atoms with Crippen LogP contribution in [-0.4, -0.2) is 16.0 Å². The first-order chi connectivity index (χ1) is 12.5. The normalized spacial score (nSPS) is 31.5. The highest BCUT2D eigenvalue weighted by Crippen LogP contribution is 2.55. The number of phenols is 1. The van der Waals surface area contributed by atoms with Crippen molar-refractivity contribution in [2.75, 3.05) is 0 Å². The highest BCUT2D eigenvalue weighted by Gasteiger charge is 2.50. The number of aliphatic hydroxyl groups is 1. The van der Waals surface area contributed by atoms with Gasteiger partial charge in [-0.1, -0.05) is 37.3 Å². The van der Waals surface area contributed by atoms with Gasteiger partial charge in [-0.3, -0.25) is 4.79 Å². The van der Waals surface area contributed by atoms with E-state index in [4.69, 9.17) is 0 Å². The molecule has 0 aromatic heterocycles. The summed E-state index contributed by atoms with van der Waals surface area (Å²) in [5.41, 5.74) is 0.999. The van der Waals surface area contributed by atoms with E-state index < -0.39 is 5.60 Å². The minimum atomic E-state index is -0.703. The molecule has 2 fully saturated rings. The molecule has 0 spiro atoms. The lowest BCUT2D eigenvalue weighted by atomic mass is 9.82. The Balaban J connectivity index is 1.43. The molecule has 3 unspecified atom stereocenters. The lowest BCUT2D eigenvalue weighted by Crippen LogP contribution is -2.25. The quantitative estimate of drug-likeness (QED) is 0.796. The molecule has 0 saturated heterocycles. The van der Waals surface area contributed by atoms with Crippen LogP contribution in [0.1, 0.15) is 48.5 Å². The standard InChI is InChI=1S/C23H26O3/c1-15(22(25)16-7-9-21(24)10-8-16)17-11-18-13-23(26,14-19(18)12-17)20-5-3-2-4-6-20/h2-10,15,17-19,24,26H,11-14H2,1H3. The summed E-state index contributed by atoms with van der Waals surface area (Å²) in [5.74, 6) is 1.71. The highest BCUT2D eigenvalue weighted by atomic mass is 16.3. The van der Waals surface area contributed by atoms with E-state index in [1.54, 1.807) is 24.3 Å². The maximum atomic E-state index is 12.8. The zero-order chi connectivity index (χ0) is 18.3. The third-order valence-corrected chi connectivity index (χ3v) is 6.66. The molecule has 0 heterocycles. The van der Waals surface area contributed by atoms with E-state index in [9.17, 15) is 15.0 Å². The lowest BCUT2D eigenvalue weighted by Gasteiger charge is -2.26. The van der Waals surface area contributed by atoms with Gasteiger partial charge in [-0.2, -0.15) is 0 Å². The van der Waals surface area contributed by atoms with Crippen molar-refractivity contribution in [2.24, 2.45) is 23.7 Å². The Labute approximate surface area is 154 Å². The van der Waals surface area contributed by atoms with Crippen molar-refractivity contribution < 1.29 is 15.0 Å². The van der Waals surface area contributed by atoms with Gasteiger partial charge in [0.05, 0.1) is 5.60 Å². The van der Waals surface area contributed by atoms with Crippen molar-refractivity contribution in [1.29, 1.82) is 0 Å². The molecule has 3 nitrogen and oxygen atoms in total. The molecule has 2 N–H and O–H groups in total. The van der Waals surface area contributed by atoms with Gasteiger partial charge in [-0.15, -0.1) is 0 Å². The Morgan fingerprint density at radius 1 is 1.00 bits per heavy atom. The molecule has 0 bridgehead atoms. The highest BCUT2D eigenvalue weighted by molar-refractivity contribution is 5.97. The predicted molar refractivity (Wildman–Crippen MR) is 101 cm³/mol. The van der Waals surface area contributed by atoms with Crippen molar-refractivity contribution in [3.63, 3.8) is 0 Å². The summed E-state index contributed by atoms with van der Waals surface area (Å²) in [4.78, 5) is 12.8. The molecule has 2 saturated carbocycles. The minimum absolute atomic E-state index is 0.0186. The summed E-state index contributed by atoms with van der Waals surface area (Å²) in [5, 5.41) is 20.5. The monoisotopic (exact) mass is 350 g/mol. The second-order valence-electron chi connectivity index (χ2n) is 8.26. The zero-order valence-electron chi connectivity index (χ0n) is 15.1. The lowest BCUT2D eigenvalue weighted by molar-refractivity contribution is 0.0323. The summed E-state index contributed by atoms with van der Waals surface area (Å²) in [6, 6.07) is 16.6. The number of aromatic hydroxyl groups is 1. The Morgan fingerprint density at radius 3 is 2.15 bits per heavy atom. The van der Waals surface area contributed by atoms with Gasteiger partial charge in [0.25, 0.3) is 0 Å². The maximum Gasteiger partial charge on any atom is 0.165 e. The zero-order valence-corrected chi connectivity index (χ0v) is 15.1. The molecule has 3 heteroatoms. The molecule has 0 aliphatic heterocycles. The molecule has 0 radical (unpaired) electrons. The van der Waals surface area contributed by atoms with Gasteiger partial charge in [0, 0.05) is 11.5 Å². The number of fused-ring (bicyclic) bond motifs is 1. The third-order valence-electron chi connectivity index (χ3n) is 6.66. The number of rotatable bonds is 4. The number of Topliss-reactive ketones (excluding diaryl/α,β-unsaturated/α-hetero) is 1. The Bertz CT molecular complexity index is 767. The van der Waals surface area contributed by atoms with Crippen molar-refractivity contribution in [3.05, 3.63) is 65.7 Å². The minimum Gasteiger partial charge on any atom is -0.508 e. The number of hydrogen-bond acceptors (Lipinski definition) is 3. The smallest absolute Gasteiger partial charge is 0.165 e. The van der Waals surface area contributed by atoms with Crippen LogP contribution in [0.2, 0.25) is 0 Å². The Morgan fingerprint density at radius 2 is 1.58 bits per heavy atom. The second-order valence-corrected chi connectivity index (χ2v) is 8.26. The number of hydrogen-bond donors (Lipinski definition) is 2. The van der Waals surface area contributed by atoms with E-state index in [-0.39, 0.29) is 17.5 Å². The third kappa shape index (κ3) is 3.05. The maximum absolute atomic E-state index is 12.8. The van der Waals surface area contributed by atoms with Crippen molar-refractivity contribution in [3.8, 4) is 5.75 Å². The number of phenolic OH excluding ortho intramolecular Hbond substituents is 1. The molecule has 4 rings (SSSR count). The largest absolute Gasteiger partial charge is 0.508 e. The second kappa shape index (κ2) is 6.55. The number of carbonyl (C=O) groups excluding carboxylic acids is 1. The number of carbonyl (C=O) groups is 1. The summed E-state index contributed by atoms with van der Waals surface area (Å²) < 4.78 is 0. The van der Waals surface area contributed by atoms with E-state index >= 15 is 0 Å². The number of ketones is 1. The first-order valence-electron chi connectivity index (χ1n) is 9.57. The summed E-state index contributed by atoms with van der Waals surface area (Å²) in [7, 11) is 0. The molecular weight excluding hydrogens is 324 g/mol. The fraction of sp³-hybridized carbons (Fsp3) is 0.435. The van der Waals surface area contributed by atoms with E-state index in [1.165, 1.54) is 0 Å². The molecular formula is C23H26O3. The predicted octanol–water partition coefficient (Wildman–Crippen LogP) is 4.54. The molecule has 2 aliphatic carbocycles. The molecule has 3 atom stereocenters. The summed E-state index contributed by atoms with van der Waals surface area (Å²) in [6.45, 7) is 2.03. The van der Waals surface area contributed by atoms with E-state index in [2.05, 4.69) is 0 Å². The van der Waals surface area contributed by atoms with Gasteiger partial charge in [-0.05, 0) is 73.3 Å². The molecule has 136 valence electrons. The Hall–Kier alpha value is -2.13. The van der Waals surface area contributed by atoms with E-state index in [0.29, 0.717) is 23.3 Å². The van der Waals surface area contributed by atoms with Crippen LogP contribution in [0.3, 0.4) is 0 Å². The number of benzene rings is 2. The van der Waals surface area contributed by atoms with Crippen LogP contribution in [0.25, 0.3) is 0 Å². The average Bonchev–Trinajstić information content (AvgIpc) is 3.18. The molecule has 2 aromatic rings. The van der Waals surface area contributed by atoms with Crippen molar-refractivity contribution in [2.45, 2.75) is 38.2 Å². The summed E-state index contributed by atoms with van der Waals surface area (Å²) in [6.07, 6.45) is 3.65.